The zero-order valence-corrected chi connectivity index (χ0v) is 43.3. The summed E-state index contributed by atoms with van der Waals surface area (Å²) in [6.45, 7) is 0. The van der Waals surface area contributed by atoms with Crippen LogP contribution in [0.2, 0.25) is 0 Å². The second-order valence-electron chi connectivity index (χ2n) is 18.8. The number of ether oxygens (including phenoxy) is 1. The van der Waals surface area contributed by atoms with E-state index >= 15 is 0 Å². The van der Waals surface area contributed by atoms with Gasteiger partial charge in [-0.3, -0.25) is 9.97 Å². The molecule has 75 heavy (non-hydrogen) atoms. The van der Waals surface area contributed by atoms with Crippen LogP contribution in [0.25, 0.3) is 44.8 Å². The quantitative estimate of drug-likeness (QED) is 0.0804. The Bertz CT molecular complexity index is 3410. The van der Waals surface area contributed by atoms with Gasteiger partial charge in [0, 0.05) is 23.5 Å². The average Bonchev–Trinajstić information content (AvgIpc) is 3.50. The van der Waals surface area contributed by atoms with Crippen LogP contribution in [0.5, 0.6) is 11.5 Å². The van der Waals surface area contributed by atoms with Crippen molar-refractivity contribution in [2.24, 2.45) is 0 Å². The fraction of sp³-hybridized carbons (Fsp3) is 0. The minimum atomic E-state index is -2.78. The summed E-state index contributed by atoms with van der Waals surface area (Å²) in [7, 11) is -5.55. The molecular formula is C70H52N2OSi2. The lowest BCUT2D eigenvalue weighted by molar-refractivity contribution is 0.483. The van der Waals surface area contributed by atoms with Crippen molar-refractivity contribution in [1.82, 2.24) is 9.97 Å². The molecule has 0 saturated carbocycles. The SMILES string of the molecule is c1ccc([Si](c2ccccc2)(c2ccccc2)c2ccnc(-c3ccccc3-c3cccc(Oc4cccc(-c5ccccc5-c5cc([Si](c6ccccc6)(c6ccccc6)c6ccccc6)ccn5)c4)c3)c2)cc1. The van der Waals surface area contributed by atoms with Crippen molar-refractivity contribution >= 4 is 57.6 Å². The Kier molecular flexibility index (Phi) is 13.1. The van der Waals surface area contributed by atoms with E-state index in [-0.39, 0.29) is 0 Å². The first-order chi connectivity index (χ1) is 37.2. The Morgan fingerprint density at radius 1 is 0.227 bits per heavy atom. The first-order valence-electron chi connectivity index (χ1n) is 25.5. The predicted octanol–water partition coefficient (Wildman–Crippen LogP) is 11.7. The zero-order valence-electron chi connectivity index (χ0n) is 41.3. The summed E-state index contributed by atoms with van der Waals surface area (Å²) in [6.07, 6.45) is 3.98. The van der Waals surface area contributed by atoms with Crippen molar-refractivity contribution in [1.29, 1.82) is 0 Å². The van der Waals surface area contributed by atoms with E-state index in [4.69, 9.17) is 14.7 Å². The number of rotatable bonds is 14. The van der Waals surface area contributed by atoms with E-state index < -0.39 is 16.1 Å². The van der Waals surface area contributed by atoms with Gasteiger partial charge in [-0.05, 0) is 112 Å². The van der Waals surface area contributed by atoms with E-state index in [1.54, 1.807) is 0 Å². The normalized spacial score (nSPS) is 11.5. The van der Waals surface area contributed by atoms with E-state index in [0.29, 0.717) is 0 Å². The van der Waals surface area contributed by atoms with Gasteiger partial charge in [0.1, 0.15) is 11.5 Å². The number of pyridine rings is 2. The van der Waals surface area contributed by atoms with Crippen LogP contribution in [-0.2, 0) is 0 Å². The molecule has 0 aliphatic rings. The summed E-state index contributed by atoms with van der Waals surface area (Å²) in [5.74, 6) is 1.49. The van der Waals surface area contributed by atoms with Crippen LogP contribution >= 0.6 is 0 Å². The fourth-order valence-electron chi connectivity index (χ4n) is 11.3. The van der Waals surface area contributed by atoms with Crippen LogP contribution in [0.4, 0.5) is 0 Å². The molecule has 12 aromatic rings. The smallest absolute Gasteiger partial charge is 0.179 e. The lowest BCUT2D eigenvalue weighted by Crippen LogP contribution is -2.74. The van der Waals surface area contributed by atoms with Crippen LogP contribution in [0, 0.1) is 0 Å². The minimum absolute atomic E-state index is 0.747. The molecule has 0 aliphatic carbocycles. The molecule has 0 fully saturated rings. The second kappa shape index (κ2) is 21.1. The molecule has 0 saturated heterocycles. The van der Waals surface area contributed by atoms with Crippen molar-refractivity contribution < 1.29 is 4.74 Å². The summed E-state index contributed by atoms with van der Waals surface area (Å²) in [4.78, 5) is 10.2. The highest BCUT2D eigenvalue weighted by Crippen LogP contribution is 2.37. The van der Waals surface area contributed by atoms with Gasteiger partial charge >= 0.3 is 0 Å². The van der Waals surface area contributed by atoms with Gasteiger partial charge in [0.15, 0.2) is 16.1 Å². The molecule has 356 valence electrons. The van der Waals surface area contributed by atoms with Gasteiger partial charge in [0.2, 0.25) is 0 Å². The van der Waals surface area contributed by atoms with E-state index in [1.165, 1.54) is 41.5 Å². The molecule has 5 heteroatoms. The molecule has 0 atom stereocenters. The Balaban J connectivity index is 0.889. The van der Waals surface area contributed by atoms with Crippen LogP contribution in [0.15, 0.2) is 316 Å². The highest BCUT2D eigenvalue weighted by molar-refractivity contribution is 7.20. The van der Waals surface area contributed by atoms with Crippen molar-refractivity contribution in [3.63, 3.8) is 0 Å². The third kappa shape index (κ3) is 8.95. The monoisotopic (exact) mass is 992 g/mol. The standard InChI is InChI=1S/C70H52N2OSi2/c1-7-29-57(30-8-1)74(58-31-9-2-10-32-58,59-33-11-3-12-34-59)63-45-47-71-69(51-63)67-43-21-19-41-65(67)53-25-23-27-55(49-53)73-56-28-24-26-54(50-56)66-42-20-22-44-68(66)70-52-64(46-48-72-70)75(60-35-13-4-14-36-60,61-37-15-5-16-38-61)62-39-17-6-18-40-62/h1-52H. The molecule has 0 radical (unpaired) electrons. The first-order valence-corrected chi connectivity index (χ1v) is 29.5. The molecule has 0 amide bonds. The Morgan fingerprint density at radius 2 is 0.507 bits per heavy atom. The molecular weight excluding hydrogens is 941 g/mol. The maximum absolute atomic E-state index is 6.80. The fourth-order valence-corrected chi connectivity index (χ4v) is 20.8. The lowest BCUT2D eigenvalue weighted by Gasteiger charge is -2.34. The van der Waals surface area contributed by atoms with Gasteiger partial charge in [0.05, 0.1) is 11.4 Å². The van der Waals surface area contributed by atoms with Gasteiger partial charge in [-0.25, -0.2) is 0 Å². The van der Waals surface area contributed by atoms with Crippen LogP contribution < -0.4 is 46.2 Å². The van der Waals surface area contributed by atoms with Gasteiger partial charge in [0.25, 0.3) is 0 Å². The minimum Gasteiger partial charge on any atom is -0.457 e. The van der Waals surface area contributed by atoms with Gasteiger partial charge in [-0.1, -0.05) is 255 Å². The van der Waals surface area contributed by atoms with Gasteiger partial charge in [-0.15, -0.1) is 0 Å². The summed E-state index contributed by atoms with van der Waals surface area (Å²) in [6, 6.07) is 109. The highest BCUT2D eigenvalue weighted by Gasteiger charge is 2.43. The predicted molar refractivity (Wildman–Crippen MR) is 318 cm³/mol. The first kappa shape index (κ1) is 46.8. The molecule has 10 aromatic carbocycles. The van der Waals surface area contributed by atoms with E-state index in [1.807, 2.05) is 24.5 Å². The molecule has 2 aromatic heterocycles. The number of nitrogens with zero attached hydrogens (tertiary/aromatic N) is 2. The van der Waals surface area contributed by atoms with E-state index in [0.717, 1.165) is 56.3 Å². The van der Waals surface area contributed by atoms with Crippen molar-refractivity contribution in [3.8, 4) is 56.3 Å². The number of hydrogen-bond acceptors (Lipinski definition) is 3. The largest absolute Gasteiger partial charge is 0.457 e. The van der Waals surface area contributed by atoms with Gasteiger partial charge < -0.3 is 4.74 Å². The van der Waals surface area contributed by atoms with E-state index in [2.05, 4.69) is 291 Å². The Labute approximate surface area is 441 Å². The maximum Gasteiger partial charge on any atom is 0.179 e. The van der Waals surface area contributed by atoms with Crippen LogP contribution in [-0.4, -0.2) is 26.1 Å². The summed E-state index contributed by atoms with van der Waals surface area (Å²) in [5.41, 5.74) is 8.21. The highest BCUT2D eigenvalue weighted by atomic mass is 28.3. The molecule has 0 spiro atoms. The molecule has 12 rings (SSSR count). The number of benzene rings is 10. The molecule has 2 heterocycles. The number of aromatic nitrogens is 2. The van der Waals surface area contributed by atoms with E-state index in [9.17, 15) is 0 Å². The summed E-state index contributed by atoms with van der Waals surface area (Å²) < 4.78 is 6.80. The molecule has 3 nitrogen and oxygen atoms in total. The third-order valence-corrected chi connectivity index (χ3v) is 24.1. The van der Waals surface area contributed by atoms with Gasteiger partial charge in [-0.2, -0.15) is 0 Å². The lowest BCUT2D eigenvalue weighted by atomic mass is 9.97. The molecule has 0 N–H and O–H groups in total. The van der Waals surface area contributed by atoms with Crippen LogP contribution in [0.1, 0.15) is 0 Å². The molecule has 0 unspecified atom stereocenters. The van der Waals surface area contributed by atoms with Crippen molar-refractivity contribution in [3.05, 3.63) is 316 Å². The average molecular weight is 993 g/mol. The van der Waals surface area contributed by atoms with Crippen molar-refractivity contribution in [2.75, 3.05) is 0 Å². The summed E-state index contributed by atoms with van der Waals surface area (Å²) in [5, 5.41) is 10.5. The Hall–Kier alpha value is -9.27. The Morgan fingerprint density at radius 3 is 0.813 bits per heavy atom. The molecule has 0 aliphatic heterocycles. The zero-order chi connectivity index (χ0) is 50.3. The third-order valence-electron chi connectivity index (χ3n) is 14.6. The van der Waals surface area contributed by atoms with Crippen LogP contribution in [0.3, 0.4) is 0 Å². The molecule has 0 bridgehead atoms. The topological polar surface area (TPSA) is 35.0 Å². The maximum atomic E-state index is 6.80. The second-order valence-corrected chi connectivity index (χ2v) is 26.4. The van der Waals surface area contributed by atoms with Crippen molar-refractivity contribution in [2.45, 2.75) is 0 Å². The summed E-state index contributed by atoms with van der Waals surface area (Å²) >= 11 is 0. The number of hydrogen-bond donors (Lipinski definition) is 0.